The molecule has 0 spiro atoms. The van der Waals surface area contributed by atoms with Crippen LogP contribution in [0.5, 0.6) is 0 Å². The van der Waals surface area contributed by atoms with Gasteiger partial charge in [0.2, 0.25) is 0 Å². The van der Waals surface area contributed by atoms with Crippen molar-refractivity contribution in [3.8, 4) is 0 Å². The number of hydrogen-bond donors (Lipinski definition) is 1. The van der Waals surface area contributed by atoms with Crippen LogP contribution in [0.25, 0.3) is 0 Å². The van der Waals surface area contributed by atoms with Crippen LogP contribution in [0.15, 0.2) is 36.4 Å². The third-order valence-electron chi connectivity index (χ3n) is 3.79. The zero-order valence-corrected chi connectivity index (χ0v) is 12.5. The molecule has 0 bridgehead atoms. The average molecular weight is 253 g/mol. The molecule has 0 fully saturated rings. The van der Waals surface area contributed by atoms with E-state index in [2.05, 4.69) is 76.3 Å². The number of nitrogens with one attached hydrogen (secondary N) is 1. The van der Waals surface area contributed by atoms with Crippen molar-refractivity contribution >= 4 is 5.69 Å². The first kappa shape index (κ1) is 13.7. The molecule has 0 saturated carbocycles. The van der Waals surface area contributed by atoms with Gasteiger partial charge in [-0.15, -0.1) is 0 Å². The van der Waals surface area contributed by atoms with Gasteiger partial charge in [-0.2, -0.15) is 0 Å². The first-order valence-electron chi connectivity index (χ1n) is 6.88. The van der Waals surface area contributed by atoms with E-state index < -0.39 is 0 Å². The summed E-state index contributed by atoms with van der Waals surface area (Å²) in [5, 5.41) is 3.59. The zero-order valence-electron chi connectivity index (χ0n) is 12.5. The van der Waals surface area contributed by atoms with Gasteiger partial charge in [0, 0.05) is 11.7 Å². The molecule has 0 aliphatic heterocycles. The van der Waals surface area contributed by atoms with Crippen molar-refractivity contribution in [3.63, 3.8) is 0 Å². The van der Waals surface area contributed by atoms with Crippen LogP contribution >= 0.6 is 0 Å². The molecular weight excluding hydrogens is 230 g/mol. The number of aryl methyl sites for hydroxylation is 4. The lowest BCUT2D eigenvalue weighted by Gasteiger charge is -2.19. The maximum Gasteiger partial charge on any atom is 0.0488 e. The quantitative estimate of drug-likeness (QED) is 0.803. The summed E-state index contributed by atoms with van der Waals surface area (Å²) in [5.41, 5.74) is 7.89. The van der Waals surface area contributed by atoms with Gasteiger partial charge in [-0.1, -0.05) is 29.8 Å². The minimum Gasteiger partial charge on any atom is -0.379 e. The van der Waals surface area contributed by atoms with E-state index in [0.29, 0.717) is 6.04 Å². The van der Waals surface area contributed by atoms with Crippen LogP contribution < -0.4 is 5.32 Å². The van der Waals surface area contributed by atoms with Crippen LogP contribution in [0.3, 0.4) is 0 Å². The Morgan fingerprint density at radius 1 is 0.789 bits per heavy atom. The molecule has 2 aromatic rings. The van der Waals surface area contributed by atoms with E-state index in [1.54, 1.807) is 0 Å². The van der Waals surface area contributed by atoms with E-state index in [4.69, 9.17) is 0 Å². The van der Waals surface area contributed by atoms with Gasteiger partial charge in [-0.3, -0.25) is 0 Å². The number of rotatable bonds is 3. The van der Waals surface area contributed by atoms with Crippen molar-refractivity contribution < 1.29 is 0 Å². The highest BCUT2D eigenvalue weighted by Gasteiger charge is 2.08. The topological polar surface area (TPSA) is 12.0 Å². The molecule has 0 aromatic heterocycles. The normalized spacial score (nSPS) is 12.3. The summed E-state index contributed by atoms with van der Waals surface area (Å²) in [6, 6.07) is 13.5. The molecule has 1 N–H and O–H groups in total. The van der Waals surface area contributed by atoms with Crippen molar-refractivity contribution in [1.82, 2.24) is 0 Å². The summed E-state index contributed by atoms with van der Waals surface area (Å²) < 4.78 is 0. The fraction of sp³-hybridized carbons (Fsp3) is 0.333. The van der Waals surface area contributed by atoms with Gasteiger partial charge in [-0.25, -0.2) is 0 Å². The summed E-state index contributed by atoms with van der Waals surface area (Å²) in [6.45, 7) is 10.8. The second-order valence-corrected chi connectivity index (χ2v) is 5.53. The molecule has 0 aliphatic rings. The maximum atomic E-state index is 3.59. The Bertz CT molecular complexity index is 584. The Hall–Kier alpha value is -1.76. The Labute approximate surface area is 116 Å². The van der Waals surface area contributed by atoms with Crippen LogP contribution in [0.4, 0.5) is 5.69 Å². The molecular formula is C18H23N. The van der Waals surface area contributed by atoms with Crippen LogP contribution in [0.1, 0.15) is 40.8 Å². The Kier molecular flexibility index (Phi) is 3.94. The molecule has 0 heterocycles. The summed E-state index contributed by atoms with van der Waals surface area (Å²) in [4.78, 5) is 0. The van der Waals surface area contributed by atoms with Crippen molar-refractivity contribution in [1.29, 1.82) is 0 Å². The van der Waals surface area contributed by atoms with Crippen molar-refractivity contribution in [2.75, 3.05) is 5.32 Å². The van der Waals surface area contributed by atoms with Crippen LogP contribution in [-0.4, -0.2) is 0 Å². The smallest absolute Gasteiger partial charge is 0.0488 e. The van der Waals surface area contributed by atoms with Crippen molar-refractivity contribution in [2.24, 2.45) is 0 Å². The Balaban J connectivity index is 2.22. The molecule has 2 rings (SSSR count). The molecule has 100 valence electrons. The monoisotopic (exact) mass is 253 g/mol. The first-order chi connectivity index (χ1) is 8.97. The number of hydrogen-bond acceptors (Lipinski definition) is 1. The van der Waals surface area contributed by atoms with E-state index in [1.807, 2.05) is 0 Å². The summed E-state index contributed by atoms with van der Waals surface area (Å²) in [6.07, 6.45) is 0. The van der Waals surface area contributed by atoms with Crippen molar-refractivity contribution in [2.45, 2.75) is 40.7 Å². The van der Waals surface area contributed by atoms with E-state index in [9.17, 15) is 0 Å². The minimum atomic E-state index is 0.321. The zero-order chi connectivity index (χ0) is 14.0. The average Bonchev–Trinajstić information content (AvgIpc) is 2.36. The van der Waals surface area contributed by atoms with Crippen LogP contribution in [0.2, 0.25) is 0 Å². The second-order valence-electron chi connectivity index (χ2n) is 5.53. The molecule has 1 nitrogen and oxygen atoms in total. The minimum absolute atomic E-state index is 0.321. The SMILES string of the molecule is Cc1ccc(C)c(C(C)Nc2ccc(C)c(C)c2)c1. The molecule has 1 heteroatoms. The van der Waals surface area contributed by atoms with Gasteiger partial charge in [0.15, 0.2) is 0 Å². The molecule has 1 unspecified atom stereocenters. The molecule has 0 saturated heterocycles. The summed E-state index contributed by atoms with van der Waals surface area (Å²) in [7, 11) is 0. The first-order valence-corrected chi connectivity index (χ1v) is 6.88. The summed E-state index contributed by atoms with van der Waals surface area (Å²) in [5.74, 6) is 0. The number of anilines is 1. The largest absolute Gasteiger partial charge is 0.379 e. The molecule has 0 amide bonds. The van der Waals surface area contributed by atoms with Crippen molar-refractivity contribution in [3.05, 3.63) is 64.2 Å². The molecule has 19 heavy (non-hydrogen) atoms. The van der Waals surface area contributed by atoms with Crippen LogP contribution in [-0.2, 0) is 0 Å². The van der Waals surface area contributed by atoms with Crippen LogP contribution in [0, 0.1) is 27.7 Å². The van der Waals surface area contributed by atoms with Gasteiger partial charge in [0.25, 0.3) is 0 Å². The van der Waals surface area contributed by atoms with Gasteiger partial charge < -0.3 is 5.32 Å². The predicted molar refractivity (Wildman–Crippen MR) is 83.9 cm³/mol. The van der Waals surface area contributed by atoms with Gasteiger partial charge in [0.05, 0.1) is 0 Å². The van der Waals surface area contributed by atoms with E-state index in [-0.39, 0.29) is 0 Å². The third-order valence-corrected chi connectivity index (χ3v) is 3.79. The van der Waals surface area contributed by atoms with Gasteiger partial charge in [-0.05, 0) is 69.0 Å². The van der Waals surface area contributed by atoms with E-state index in [0.717, 1.165) is 0 Å². The fourth-order valence-corrected chi connectivity index (χ4v) is 2.39. The highest BCUT2D eigenvalue weighted by atomic mass is 14.9. The van der Waals surface area contributed by atoms with E-state index >= 15 is 0 Å². The second kappa shape index (κ2) is 5.48. The number of benzene rings is 2. The molecule has 0 radical (unpaired) electrons. The highest BCUT2D eigenvalue weighted by Crippen LogP contribution is 2.24. The maximum absolute atomic E-state index is 3.59. The lowest BCUT2D eigenvalue weighted by molar-refractivity contribution is 0.871. The highest BCUT2D eigenvalue weighted by molar-refractivity contribution is 5.50. The lowest BCUT2D eigenvalue weighted by Crippen LogP contribution is -2.08. The lowest BCUT2D eigenvalue weighted by atomic mass is 9.99. The molecule has 0 aliphatic carbocycles. The third kappa shape index (κ3) is 3.17. The molecule has 2 aromatic carbocycles. The molecule has 1 atom stereocenters. The van der Waals surface area contributed by atoms with Gasteiger partial charge in [0.1, 0.15) is 0 Å². The standard InChI is InChI=1S/C18H23N/c1-12-6-7-14(3)18(10-12)16(5)19-17-9-8-13(2)15(4)11-17/h6-11,16,19H,1-5H3. The Morgan fingerprint density at radius 2 is 1.47 bits per heavy atom. The van der Waals surface area contributed by atoms with E-state index in [1.165, 1.54) is 33.5 Å². The predicted octanol–water partition coefficient (Wildman–Crippen LogP) is 5.09. The van der Waals surface area contributed by atoms with Gasteiger partial charge >= 0.3 is 0 Å². The fourth-order valence-electron chi connectivity index (χ4n) is 2.39. The summed E-state index contributed by atoms with van der Waals surface area (Å²) >= 11 is 0. The Morgan fingerprint density at radius 3 is 2.16 bits per heavy atom.